The van der Waals surface area contributed by atoms with E-state index >= 15 is 0 Å². The number of rotatable bonds is 8. The Kier molecular flexibility index (Phi) is 6.27. The molecule has 0 amide bonds. The van der Waals surface area contributed by atoms with Crippen molar-refractivity contribution >= 4 is 11.9 Å². The largest absolute Gasteiger partial charge is 0.461 e. The third kappa shape index (κ3) is 4.86. The van der Waals surface area contributed by atoms with E-state index in [0.29, 0.717) is 17.9 Å². The molecule has 0 aliphatic carbocycles. The van der Waals surface area contributed by atoms with Crippen molar-refractivity contribution in [3.63, 3.8) is 0 Å². The summed E-state index contributed by atoms with van der Waals surface area (Å²) in [5, 5.41) is 0. The maximum Gasteiger partial charge on any atom is 0.323 e. The van der Waals surface area contributed by atoms with Crippen LogP contribution < -0.4 is 20.9 Å². The van der Waals surface area contributed by atoms with Crippen molar-refractivity contribution in [2.75, 3.05) is 23.4 Å². The molecule has 0 bridgehead atoms. The maximum absolute atomic E-state index is 5.51. The Balaban J connectivity index is 2.96. The zero-order chi connectivity index (χ0) is 14.3. The van der Waals surface area contributed by atoms with Crippen LogP contribution in [0, 0.1) is 0 Å². The molecule has 0 radical (unpaired) electrons. The van der Waals surface area contributed by atoms with E-state index in [9.17, 15) is 0 Å². The zero-order valence-corrected chi connectivity index (χ0v) is 12.2. The Bertz CT molecular complexity index is 384. The lowest BCUT2D eigenvalue weighted by molar-refractivity contribution is 0.222. The number of ether oxygens (including phenoxy) is 1. The number of hydrogen-bond acceptors (Lipinski definition) is 7. The molecule has 0 saturated heterocycles. The number of nitrogen functional groups attached to an aromatic ring is 1. The smallest absolute Gasteiger partial charge is 0.323 e. The van der Waals surface area contributed by atoms with Crippen LogP contribution in [0.3, 0.4) is 0 Å². The van der Waals surface area contributed by atoms with Crippen LogP contribution in [0.1, 0.15) is 40.5 Å². The van der Waals surface area contributed by atoms with E-state index in [0.717, 1.165) is 25.9 Å². The molecule has 0 unspecified atom stereocenters. The first-order valence-electron chi connectivity index (χ1n) is 6.75. The normalized spacial score (nSPS) is 10.6. The third-order valence-corrected chi connectivity index (χ3v) is 2.52. The summed E-state index contributed by atoms with van der Waals surface area (Å²) in [7, 11) is 0. The highest BCUT2D eigenvalue weighted by Crippen LogP contribution is 2.16. The first-order valence-corrected chi connectivity index (χ1v) is 6.75. The van der Waals surface area contributed by atoms with Crippen LogP contribution >= 0.6 is 0 Å². The molecule has 7 heteroatoms. The Morgan fingerprint density at radius 1 is 1.26 bits per heavy atom. The maximum atomic E-state index is 5.51. The van der Waals surface area contributed by atoms with Crippen LogP contribution in [-0.4, -0.2) is 34.1 Å². The number of hydrazine groups is 1. The minimum atomic E-state index is 0.00610. The first kappa shape index (κ1) is 15.4. The summed E-state index contributed by atoms with van der Waals surface area (Å²) < 4.78 is 5.51. The van der Waals surface area contributed by atoms with E-state index < -0.39 is 0 Å². The standard InChI is InChI=1S/C12H24N6O/c1-5-7-8-18(6-2)11-14-10(17-13)15-12(16-11)19-9(3)4/h9H,5-8,13H2,1-4H3,(H,14,15,16,17). The molecular weight excluding hydrogens is 244 g/mol. The van der Waals surface area contributed by atoms with Crippen molar-refractivity contribution in [3.8, 4) is 6.01 Å². The third-order valence-electron chi connectivity index (χ3n) is 2.52. The van der Waals surface area contributed by atoms with E-state index in [2.05, 4.69) is 39.1 Å². The van der Waals surface area contributed by atoms with Crippen LogP contribution in [0.2, 0.25) is 0 Å². The van der Waals surface area contributed by atoms with Crippen molar-refractivity contribution in [2.24, 2.45) is 5.84 Å². The summed E-state index contributed by atoms with van der Waals surface area (Å²) in [5.41, 5.74) is 2.45. The monoisotopic (exact) mass is 268 g/mol. The van der Waals surface area contributed by atoms with Gasteiger partial charge in [0.15, 0.2) is 0 Å². The fraction of sp³-hybridized carbons (Fsp3) is 0.750. The van der Waals surface area contributed by atoms with Crippen molar-refractivity contribution in [2.45, 2.75) is 46.6 Å². The van der Waals surface area contributed by atoms with Crippen LogP contribution in [0.5, 0.6) is 6.01 Å². The van der Waals surface area contributed by atoms with Gasteiger partial charge in [-0.15, -0.1) is 0 Å². The summed E-state index contributed by atoms with van der Waals surface area (Å²) in [4.78, 5) is 14.8. The van der Waals surface area contributed by atoms with Crippen molar-refractivity contribution in [1.29, 1.82) is 0 Å². The topological polar surface area (TPSA) is 89.2 Å². The van der Waals surface area contributed by atoms with Gasteiger partial charge in [0, 0.05) is 13.1 Å². The molecule has 1 rings (SSSR count). The Labute approximate surface area is 114 Å². The Morgan fingerprint density at radius 2 is 2.00 bits per heavy atom. The molecule has 1 heterocycles. The number of aromatic nitrogens is 3. The molecular formula is C12H24N6O. The lowest BCUT2D eigenvalue weighted by atomic mass is 10.3. The fourth-order valence-electron chi connectivity index (χ4n) is 1.56. The number of nitrogens with one attached hydrogen (secondary N) is 1. The molecule has 0 spiro atoms. The molecule has 1 aromatic heterocycles. The summed E-state index contributed by atoms with van der Waals surface area (Å²) in [6.45, 7) is 9.80. The van der Waals surface area contributed by atoms with Gasteiger partial charge >= 0.3 is 6.01 Å². The molecule has 108 valence electrons. The number of hydrogen-bond donors (Lipinski definition) is 2. The van der Waals surface area contributed by atoms with Crippen LogP contribution in [0.25, 0.3) is 0 Å². The average molecular weight is 268 g/mol. The van der Waals surface area contributed by atoms with Crippen molar-refractivity contribution in [3.05, 3.63) is 0 Å². The highest BCUT2D eigenvalue weighted by Gasteiger charge is 2.13. The second kappa shape index (κ2) is 7.73. The predicted molar refractivity (Wildman–Crippen MR) is 76.2 cm³/mol. The number of anilines is 2. The van der Waals surface area contributed by atoms with E-state index in [4.69, 9.17) is 10.6 Å². The SMILES string of the molecule is CCCCN(CC)c1nc(NN)nc(OC(C)C)n1. The van der Waals surface area contributed by atoms with Gasteiger partial charge in [0.2, 0.25) is 11.9 Å². The summed E-state index contributed by atoms with van der Waals surface area (Å²) in [6.07, 6.45) is 2.22. The van der Waals surface area contributed by atoms with E-state index in [1.165, 1.54) is 0 Å². The second-order valence-corrected chi connectivity index (χ2v) is 4.49. The highest BCUT2D eigenvalue weighted by molar-refractivity contribution is 5.37. The Hall–Kier alpha value is -1.63. The summed E-state index contributed by atoms with van der Waals surface area (Å²) in [6, 6.07) is 0.294. The van der Waals surface area contributed by atoms with Gasteiger partial charge in [-0.3, -0.25) is 5.43 Å². The molecule has 1 aromatic rings. The number of nitrogens with two attached hydrogens (primary N) is 1. The molecule has 0 aliphatic rings. The van der Waals surface area contributed by atoms with E-state index in [1.54, 1.807) is 0 Å². The van der Waals surface area contributed by atoms with Crippen LogP contribution in [0.4, 0.5) is 11.9 Å². The van der Waals surface area contributed by atoms with Gasteiger partial charge in [0.05, 0.1) is 6.10 Å². The molecule has 7 nitrogen and oxygen atoms in total. The summed E-state index contributed by atoms with van der Waals surface area (Å²) >= 11 is 0. The minimum Gasteiger partial charge on any atom is -0.461 e. The fourth-order valence-corrected chi connectivity index (χ4v) is 1.56. The van der Waals surface area contributed by atoms with Gasteiger partial charge in [-0.25, -0.2) is 5.84 Å². The quantitative estimate of drug-likeness (QED) is 0.546. The predicted octanol–water partition coefficient (Wildman–Crippen LogP) is 1.57. The van der Waals surface area contributed by atoms with Crippen LogP contribution in [0.15, 0.2) is 0 Å². The molecule has 0 fully saturated rings. The van der Waals surface area contributed by atoms with Gasteiger partial charge in [-0.05, 0) is 27.2 Å². The Morgan fingerprint density at radius 3 is 2.53 bits per heavy atom. The molecule has 0 atom stereocenters. The second-order valence-electron chi connectivity index (χ2n) is 4.49. The van der Waals surface area contributed by atoms with Gasteiger partial charge in [0.1, 0.15) is 0 Å². The van der Waals surface area contributed by atoms with Gasteiger partial charge in [-0.2, -0.15) is 15.0 Å². The number of nitrogens with zero attached hydrogens (tertiary/aromatic N) is 4. The molecule has 0 saturated carbocycles. The van der Waals surface area contributed by atoms with Gasteiger partial charge in [-0.1, -0.05) is 13.3 Å². The zero-order valence-electron chi connectivity index (χ0n) is 12.2. The first-order chi connectivity index (χ1) is 9.10. The molecule has 19 heavy (non-hydrogen) atoms. The number of unbranched alkanes of at least 4 members (excludes halogenated alkanes) is 1. The van der Waals surface area contributed by atoms with Crippen molar-refractivity contribution in [1.82, 2.24) is 15.0 Å². The van der Waals surface area contributed by atoms with Gasteiger partial charge in [0.25, 0.3) is 0 Å². The lowest BCUT2D eigenvalue weighted by Crippen LogP contribution is -2.27. The molecule has 0 aromatic carbocycles. The van der Waals surface area contributed by atoms with Gasteiger partial charge < -0.3 is 9.64 Å². The summed E-state index contributed by atoms with van der Waals surface area (Å²) in [5.74, 6) is 6.29. The highest BCUT2D eigenvalue weighted by atomic mass is 16.5. The average Bonchev–Trinajstić information content (AvgIpc) is 2.38. The van der Waals surface area contributed by atoms with E-state index in [1.807, 2.05) is 13.8 Å². The molecule has 0 aliphatic heterocycles. The minimum absolute atomic E-state index is 0.00610. The van der Waals surface area contributed by atoms with E-state index in [-0.39, 0.29) is 6.10 Å². The molecule has 3 N–H and O–H groups in total. The van der Waals surface area contributed by atoms with Crippen molar-refractivity contribution < 1.29 is 4.74 Å². The lowest BCUT2D eigenvalue weighted by Gasteiger charge is -2.21. The van der Waals surface area contributed by atoms with Crippen LogP contribution in [-0.2, 0) is 0 Å².